The van der Waals surface area contributed by atoms with Gasteiger partial charge in [-0.2, -0.15) is 0 Å². The molecule has 0 saturated carbocycles. The molecule has 0 radical (unpaired) electrons. The third-order valence-corrected chi connectivity index (χ3v) is 9.38. The molecule has 3 aromatic rings. The maximum Gasteiger partial charge on any atom is 0.264 e. The highest BCUT2D eigenvalue weighted by atomic mass is 35.5. The van der Waals surface area contributed by atoms with Gasteiger partial charge in [-0.25, -0.2) is 8.42 Å². The summed E-state index contributed by atoms with van der Waals surface area (Å²) in [4.78, 5) is 29.0. The average Bonchev–Trinajstić information content (AvgIpc) is 2.94. The van der Waals surface area contributed by atoms with E-state index in [1.54, 1.807) is 18.2 Å². The first-order valence-electron chi connectivity index (χ1n) is 13.6. The van der Waals surface area contributed by atoms with Gasteiger partial charge < -0.3 is 10.2 Å². The molecule has 0 aliphatic heterocycles. The molecular weight excluding hydrogens is 581 g/mol. The molecular formula is C31H37Cl2N3O4S. The first-order chi connectivity index (χ1) is 19.4. The second-order valence-electron chi connectivity index (χ2n) is 10.1. The predicted molar refractivity (Wildman–Crippen MR) is 166 cm³/mol. The molecule has 0 unspecified atom stereocenters. The van der Waals surface area contributed by atoms with Crippen molar-refractivity contribution in [1.29, 1.82) is 0 Å². The molecule has 0 saturated heterocycles. The molecule has 2 amide bonds. The maximum atomic E-state index is 14.2. The molecule has 10 heteroatoms. The van der Waals surface area contributed by atoms with E-state index in [2.05, 4.69) is 5.32 Å². The average molecular weight is 619 g/mol. The van der Waals surface area contributed by atoms with Crippen molar-refractivity contribution in [2.24, 2.45) is 0 Å². The summed E-state index contributed by atoms with van der Waals surface area (Å²) in [5.74, 6) is -0.844. The molecule has 0 heterocycles. The lowest BCUT2D eigenvalue weighted by molar-refractivity contribution is -0.140. The Kier molecular flexibility index (Phi) is 11.2. The monoisotopic (exact) mass is 617 g/mol. The van der Waals surface area contributed by atoms with Crippen LogP contribution in [0.3, 0.4) is 0 Å². The van der Waals surface area contributed by atoms with Gasteiger partial charge in [-0.3, -0.25) is 13.9 Å². The van der Waals surface area contributed by atoms with Crippen LogP contribution in [0.15, 0.2) is 71.6 Å². The number of aryl methyl sites for hydroxylation is 2. The minimum Gasteiger partial charge on any atom is -0.352 e. The smallest absolute Gasteiger partial charge is 0.264 e. The second-order valence-corrected chi connectivity index (χ2v) is 12.8. The highest BCUT2D eigenvalue weighted by Gasteiger charge is 2.35. The lowest BCUT2D eigenvalue weighted by Crippen LogP contribution is -2.53. The molecule has 0 aliphatic rings. The zero-order valence-corrected chi connectivity index (χ0v) is 26.4. The summed E-state index contributed by atoms with van der Waals surface area (Å²) in [5, 5.41) is 3.35. The van der Waals surface area contributed by atoms with Crippen LogP contribution in [-0.4, -0.2) is 43.8 Å². The van der Waals surface area contributed by atoms with E-state index in [4.69, 9.17) is 23.2 Å². The molecule has 41 heavy (non-hydrogen) atoms. The normalized spacial score (nSPS) is 12.9. The Bertz CT molecular complexity index is 1480. The second kappa shape index (κ2) is 14.2. The van der Waals surface area contributed by atoms with Crippen LogP contribution in [-0.2, 0) is 26.2 Å². The number of rotatable bonds is 12. The van der Waals surface area contributed by atoms with Gasteiger partial charge in [-0.1, -0.05) is 79.0 Å². The van der Waals surface area contributed by atoms with Crippen molar-refractivity contribution in [3.8, 4) is 0 Å². The molecule has 0 aliphatic carbocycles. The van der Waals surface area contributed by atoms with Crippen molar-refractivity contribution in [2.45, 2.75) is 71.0 Å². The van der Waals surface area contributed by atoms with Gasteiger partial charge in [0.05, 0.1) is 15.6 Å². The van der Waals surface area contributed by atoms with Crippen LogP contribution in [0, 0.1) is 13.8 Å². The molecule has 7 nitrogen and oxygen atoms in total. The Morgan fingerprint density at radius 1 is 0.927 bits per heavy atom. The number of nitrogens with zero attached hydrogens (tertiary/aromatic N) is 2. The van der Waals surface area contributed by atoms with Crippen LogP contribution in [0.4, 0.5) is 5.69 Å². The lowest BCUT2D eigenvalue weighted by Gasteiger charge is -2.34. The van der Waals surface area contributed by atoms with Crippen molar-refractivity contribution in [3.63, 3.8) is 0 Å². The molecule has 2 atom stereocenters. The summed E-state index contributed by atoms with van der Waals surface area (Å²) in [6.45, 7) is 9.00. The highest BCUT2D eigenvalue weighted by Crippen LogP contribution is 2.33. The van der Waals surface area contributed by atoms with Gasteiger partial charge in [0, 0.05) is 17.6 Å². The summed E-state index contributed by atoms with van der Waals surface area (Å²) in [7, 11) is -4.25. The number of carbonyl (C=O) groups is 2. The van der Waals surface area contributed by atoms with Crippen LogP contribution in [0.2, 0.25) is 10.0 Å². The van der Waals surface area contributed by atoms with E-state index in [0.717, 1.165) is 27.4 Å². The van der Waals surface area contributed by atoms with E-state index in [1.165, 1.54) is 29.2 Å². The fraction of sp³-hybridized carbons (Fsp3) is 0.355. The van der Waals surface area contributed by atoms with Crippen LogP contribution < -0.4 is 9.62 Å². The van der Waals surface area contributed by atoms with E-state index in [1.807, 2.05) is 58.9 Å². The molecule has 0 fully saturated rings. The van der Waals surface area contributed by atoms with Crippen molar-refractivity contribution in [3.05, 3.63) is 93.5 Å². The van der Waals surface area contributed by atoms with Crippen LogP contribution in [0.5, 0.6) is 0 Å². The van der Waals surface area contributed by atoms with Gasteiger partial charge >= 0.3 is 0 Å². The molecule has 3 rings (SSSR count). The number of anilines is 1. The van der Waals surface area contributed by atoms with Crippen molar-refractivity contribution >= 4 is 50.7 Å². The zero-order chi connectivity index (χ0) is 30.3. The number of amides is 2. The topological polar surface area (TPSA) is 86.8 Å². The Labute approximate surface area is 253 Å². The Balaban J connectivity index is 2.11. The van der Waals surface area contributed by atoms with E-state index in [0.29, 0.717) is 6.42 Å². The lowest BCUT2D eigenvalue weighted by atomic mass is 10.1. The zero-order valence-electron chi connectivity index (χ0n) is 24.0. The van der Waals surface area contributed by atoms with Gasteiger partial charge in [-0.15, -0.1) is 0 Å². The largest absolute Gasteiger partial charge is 0.352 e. The van der Waals surface area contributed by atoms with Crippen molar-refractivity contribution in [1.82, 2.24) is 10.2 Å². The Morgan fingerprint density at radius 2 is 1.59 bits per heavy atom. The van der Waals surface area contributed by atoms with Gasteiger partial charge in [0.25, 0.3) is 10.0 Å². The molecule has 3 aromatic carbocycles. The minimum atomic E-state index is -4.25. The minimum absolute atomic E-state index is 0.000971. The standard InChI is InChI=1S/C31H37Cl2N3O4S/c1-6-23(5)34-31(38)28(7-2)35(19-24-11-9-8-10-22(24)4)30(37)20-36(29-18-25(32)14-17-27(29)33)41(39,40)26-15-12-21(3)13-16-26/h8-18,23,28H,6-7,19-20H2,1-5H3,(H,34,38)/t23-,28-/m0/s1. The summed E-state index contributed by atoms with van der Waals surface area (Å²) < 4.78 is 29.0. The number of benzene rings is 3. The fourth-order valence-corrected chi connectivity index (χ4v) is 6.22. The van der Waals surface area contributed by atoms with Crippen LogP contribution in [0.1, 0.15) is 50.3 Å². The highest BCUT2D eigenvalue weighted by molar-refractivity contribution is 7.92. The third-order valence-electron chi connectivity index (χ3n) is 7.05. The van der Waals surface area contributed by atoms with E-state index < -0.39 is 28.5 Å². The van der Waals surface area contributed by atoms with E-state index in [-0.39, 0.29) is 39.1 Å². The van der Waals surface area contributed by atoms with Gasteiger partial charge in [0.15, 0.2) is 0 Å². The predicted octanol–water partition coefficient (Wildman–Crippen LogP) is 6.53. The molecule has 220 valence electrons. The summed E-state index contributed by atoms with van der Waals surface area (Å²) >= 11 is 12.7. The van der Waals surface area contributed by atoms with Gasteiger partial charge in [0.2, 0.25) is 11.8 Å². The molecule has 0 aromatic heterocycles. The maximum absolute atomic E-state index is 14.2. The number of hydrogen-bond donors (Lipinski definition) is 1. The van der Waals surface area contributed by atoms with Crippen molar-refractivity contribution < 1.29 is 18.0 Å². The quantitative estimate of drug-likeness (QED) is 0.250. The Hall–Kier alpha value is -3.07. The van der Waals surface area contributed by atoms with E-state index >= 15 is 0 Å². The number of carbonyl (C=O) groups excluding carboxylic acids is 2. The Morgan fingerprint density at radius 3 is 2.20 bits per heavy atom. The van der Waals surface area contributed by atoms with E-state index in [9.17, 15) is 18.0 Å². The number of halogens is 2. The van der Waals surface area contributed by atoms with Gasteiger partial charge in [-0.05, 0) is 75.1 Å². The number of nitrogens with one attached hydrogen (secondary N) is 1. The number of sulfonamides is 1. The molecule has 1 N–H and O–H groups in total. The summed E-state index contributed by atoms with van der Waals surface area (Å²) in [5.41, 5.74) is 2.75. The molecule has 0 bridgehead atoms. The fourth-order valence-electron chi connectivity index (χ4n) is 4.36. The van der Waals surface area contributed by atoms with Crippen molar-refractivity contribution in [2.75, 3.05) is 10.8 Å². The first-order valence-corrected chi connectivity index (χ1v) is 15.8. The number of hydrogen-bond acceptors (Lipinski definition) is 4. The first kappa shape index (κ1) is 32.4. The van der Waals surface area contributed by atoms with Crippen LogP contribution in [0.25, 0.3) is 0 Å². The summed E-state index contributed by atoms with van der Waals surface area (Å²) in [6, 6.07) is 17.5. The van der Waals surface area contributed by atoms with Crippen LogP contribution >= 0.6 is 23.2 Å². The summed E-state index contributed by atoms with van der Waals surface area (Å²) in [6.07, 6.45) is 1.06. The third kappa shape index (κ3) is 8.03. The SMILES string of the molecule is CC[C@H](C)NC(=O)[C@H](CC)N(Cc1ccccc1C)C(=O)CN(c1cc(Cl)ccc1Cl)S(=O)(=O)c1ccc(C)cc1. The molecule has 0 spiro atoms. The van der Waals surface area contributed by atoms with Gasteiger partial charge in [0.1, 0.15) is 12.6 Å².